The van der Waals surface area contributed by atoms with Crippen molar-refractivity contribution in [3.8, 4) is 27.9 Å². The van der Waals surface area contributed by atoms with Gasteiger partial charge in [-0.1, -0.05) is 146 Å². The molecule has 0 radical (unpaired) electrons. The Labute approximate surface area is 371 Å². The first-order chi connectivity index (χ1) is 31.7. The minimum Gasteiger partial charge on any atom is -0.456 e. The van der Waals surface area contributed by atoms with E-state index < -0.39 is 0 Å². The van der Waals surface area contributed by atoms with Crippen LogP contribution in [0.15, 0.2) is 253 Å². The lowest BCUT2D eigenvalue weighted by molar-refractivity contribution is 0.669. The zero-order chi connectivity index (χ0) is 42.4. The van der Waals surface area contributed by atoms with E-state index in [1.165, 1.54) is 16.7 Å². The Morgan fingerprint density at radius 1 is 0.266 bits per heavy atom. The molecule has 0 amide bonds. The SMILES string of the molecule is c1ccc(-c2ccc(-c3cccc(N(c4ccccc4)c4ccc(-n5c6cc(N(c7ccccc7)c7ccccc7)ccc6c6cc7oc8ccccc8c7cc65)cc4)c3)cc2)cc1. The van der Waals surface area contributed by atoms with Crippen LogP contribution in [0, 0.1) is 0 Å². The van der Waals surface area contributed by atoms with Crippen molar-refractivity contribution in [2.24, 2.45) is 0 Å². The van der Waals surface area contributed by atoms with Crippen LogP contribution in [0.5, 0.6) is 0 Å². The van der Waals surface area contributed by atoms with Crippen LogP contribution in [-0.2, 0) is 0 Å². The highest BCUT2D eigenvalue weighted by Gasteiger charge is 2.21. The van der Waals surface area contributed by atoms with Crippen molar-refractivity contribution in [1.29, 1.82) is 0 Å². The summed E-state index contributed by atoms with van der Waals surface area (Å²) in [6, 6.07) is 88.8. The monoisotopic (exact) mass is 819 g/mol. The third kappa shape index (κ3) is 6.57. The van der Waals surface area contributed by atoms with E-state index in [0.29, 0.717) is 0 Å². The fourth-order valence-corrected chi connectivity index (χ4v) is 9.33. The Morgan fingerprint density at radius 2 is 0.734 bits per heavy atom. The lowest BCUT2D eigenvalue weighted by Crippen LogP contribution is -2.10. The van der Waals surface area contributed by atoms with Crippen molar-refractivity contribution >= 4 is 77.9 Å². The molecule has 302 valence electrons. The van der Waals surface area contributed by atoms with Gasteiger partial charge in [0.05, 0.1) is 11.0 Å². The van der Waals surface area contributed by atoms with Gasteiger partial charge in [0, 0.05) is 61.4 Å². The number of aromatic nitrogens is 1. The number of fused-ring (bicyclic) bond motifs is 6. The smallest absolute Gasteiger partial charge is 0.136 e. The number of anilines is 6. The fourth-order valence-electron chi connectivity index (χ4n) is 9.33. The maximum Gasteiger partial charge on any atom is 0.136 e. The van der Waals surface area contributed by atoms with Gasteiger partial charge in [0.25, 0.3) is 0 Å². The number of hydrogen-bond acceptors (Lipinski definition) is 3. The van der Waals surface area contributed by atoms with Crippen molar-refractivity contribution < 1.29 is 4.42 Å². The molecule has 0 atom stereocenters. The number of furan rings is 1. The molecule has 2 heterocycles. The molecule has 2 aromatic heterocycles. The molecule has 0 fully saturated rings. The summed E-state index contributed by atoms with van der Waals surface area (Å²) in [5.74, 6) is 0. The van der Waals surface area contributed by atoms with Crippen LogP contribution in [0.4, 0.5) is 34.1 Å². The summed E-state index contributed by atoms with van der Waals surface area (Å²) in [6.45, 7) is 0. The average Bonchev–Trinajstić information content (AvgIpc) is 3.89. The molecule has 0 bridgehead atoms. The maximum absolute atomic E-state index is 6.47. The van der Waals surface area contributed by atoms with Crippen LogP contribution in [-0.4, -0.2) is 4.57 Å². The summed E-state index contributed by atoms with van der Waals surface area (Å²) >= 11 is 0. The van der Waals surface area contributed by atoms with Crippen LogP contribution in [0.2, 0.25) is 0 Å². The molecule has 12 aromatic rings. The predicted octanol–water partition coefficient (Wildman–Crippen LogP) is 17.0. The van der Waals surface area contributed by atoms with Crippen LogP contribution < -0.4 is 9.80 Å². The first-order valence-electron chi connectivity index (χ1n) is 21.7. The van der Waals surface area contributed by atoms with Gasteiger partial charge < -0.3 is 18.8 Å². The summed E-state index contributed by atoms with van der Waals surface area (Å²) in [4.78, 5) is 4.67. The van der Waals surface area contributed by atoms with Gasteiger partial charge >= 0.3 is 0 Å². The normalized spacial score (nSPS) is 11.4. The van der Waals surface area contributed by atoms with Crippen LogP contribution >= 0.6 is 0 Å². The van der Waals surface area contributed by atoms with Gasteiger partial charge in [-0.3, -0.25) is 0 Å². The number of nitrogens with zero attached hydrogens (tertiary/aromatic N) is 3. The van der Waals surface area contributed by atoms with Crippen molar-refractivity contribution in [2.75, 3.05) is 9.80 Å². The van der Waals surface area contributed by atoms with E-state index in [-0.39, 0.29) is 0 Å². The number of rotatable bonds is 9. The van der Waals surface area contributed by atoms with Gasteiger partial charge in [-0.2, -0.15) is 0 Å². The van der Waals surface area contributed by atoms with E-state index in [4.69, 9.17) is 4.42 Å². The molecule has 64 heavy (non-hydrogen) atoms. The Balaban J connectivity index is 1.00. The minimum absolute atomic E-state index is 0.884. The second kappa shape index (κ2) is 15.7. The third-order valence-corrected chi connectivity index (χ3v) is 12.3. The molecule has 4 heteroatoms. The largest absolute Gasteiger partial charge is 0.456 e. The quantitative estimate of drug-likeness (QED) is 0.145. The molecule has 0 N–H and O–H groups in total. The van der Waals surface area contributed by atoms with Crippen molar-refractivity contribution in [1.82, 2.24) is 4.57 Å². The Bertz CT molecular complexity index is 3540. The van der Waals surface area contributed by atoms with Gasteiger partial charge in [0.1, 0.15) is 11.2 Å². The predicted molar refractivity (Wildman–Crippen MR) is 268 cm³/mol. The first kappa shape index (κ1) is 37.2. The summed E-state index contributed by atoms with van der Waals surface area (Å²) in [6.07, 6.45) is 0. The summed E-state index contributed by atoms with van der Waals surface area (Å²) in [5.41, 5.74) is 16.3. The summed E-state index contributed by atoms with van der Waals surface area (Å²) in [7, 11) is 0. The van der Waals surface area contributed by atoms with Gasteiger partial charge in [-0.05, 0) is 125 Å². The van der Waals surface area contributed by atoms with Gasteiger partial charge in [0.2, 0.25) is 0 Å². The maximum atomic E-state index is 6.47. The molecule has 0 aliphatic heterocycles. The number of benzene rings is 10. The van der Waals surface area contributed by atoms with Crippen molar-refractivity contribution in [3.05, 3.63) is 249 Å². The van der Waals surface area contributed by atoms with Gasteiger partial charge in [0.15, 0.2) is 0 Å². The highest BCUT2D eigenvalue weighted by Crippen LogP contribution is 2.43. The Hall–Kier alpha value is -8.60. The van der Waals surface area contributed by atoms with E-state index in [9.17, 15) is 0 Å². The minimum atomic E-state index is 0.884. The second-order valence-electron chi connectivity index (χ2n) is 16.2. The second-order valence-corrected chi connectivity index (χ2v) is 16.2. The average molecular weight is 820 g/mol. The molecule has 10 aromatic carbocycles. The van der Waals surface area contributed by atoms with E-state index in [1.807, 2.05) is 6.07 Å². The summed E-state index contributed by atoms with van der Waals surface area (Å²) < 4.78 is 8.88. The third-order valence-electron chi connectivity index (χ3n) is 12.3. The fraction of sp³-hybridized carbons (Fsp3) is 0. The summed E-state index contributed by atoms with van der Waals surface area (Å²) in [5, 5.41) is 4.51. The lowest BCUT2D eigenvalue weighted by Gasteiger charge is -2.26. The van der Waals surface area contributed by atoms with Gasteiger partial charge in [-0.25, -0.2) is 0 Å². The lowest BCUT2D eigenvalue weighted by atomic mass is 10.00. The molecule has 0 aliphatic rings. The van der Waals surface area contributed by atoms with Gasteiger partial charge in [-0.15, -0.1) is 0 Å². The molecular weight excluding hydrogens is 779 g/mol. The molecule has 0 saturated heterocycles. The van der Waals surface area contributed by atoms with Crippen LogP contribution in [0.3, 0.4) is 0 Å². The highest BCUT2D eigenvalue weighted by molar-refractivity contribution is 6.17. The zero-order valence-corrected chi connectivity index (χ0v) is 34.9. The molecule has 0 aliphatic carbocycles. The highest BCUT2D eigenvalue weighted by atomic mass is 16.3. The van der Waals surface area contributed by atoms with E-state index >= 15 is 0 Å². The van der Waals surface area contributed by atoms with E-state index in [1.54, 1.807) is 0 Å². The molecule has 0 spiro atoms. The number of hydrogen-bond donors (Lipinski definition) is 0. The zero-order valence-electron chi connectivity index (χ0n) is 34.9. The van der Waals surface area contributed by atoms with E-state index in [0.717, 1.165) is 89.1 Å². The van der Waals surface area contributed by atoms with E-state index in [2.05, 4.69) is 257 Å². The molecule has 0 unspecified atom stereocenters. The Kier molecular flexibility index (Phi) is 9.12. The topological polar surface area (TPSA) is 24.6 Å². The van der Waals surface area contributed by atoms with Crippen molar-refractivity contribution in [2.45, 2.75) is 0 Å². The molecular formula is C60H41N3O. The Morgan fingerprint density at radius 3 is 1.38 bits per heavy atom. The molecule has 4 nitrogen and oxygen atoms in total. The molecule has 0 saturated carbocycles. The van der Waals surface area contributed by atoms with Crippen LogP contribution in [0.25, 0.3) is 71.7 Å². The standard InChI is InChI=1S/C60H41N3O/c1-5-16-42(17-6-1)43-28-30-44(31-29-43)45-18-15-25-51(38-45)62(48-23-11-4-12-24-48)49-32-34-50(35-33-49)63-57-39-52(61(46-19-7-2-8-20-46)47-21-9-3-10-22-47)36-37-53(57)55-41-60-56(40-58(55)63)54-26-13-14-27-59(54)64-60/h1-41H. The van der Waals surface area contributed by atoms with Crippen molar-refractivity contribution in [3.63, 3.8) is 0 Å². The van der Waals surface area contributed by atoms with Crippen LogP contribution in [0.1, 0.15) is 0 Å². The molecule has 12 rings (SSSR count). The number of para-hydroxylation sites is 4. The first-order valence-corrected chi connectivity index (χ1v) is 21.7.